The molecule has 0 spiro atoms. The summed E-state index contributed by atoms with van der Waals surface area (Å²) < 4.78 is 49.0. The van der Waals surface area contributed by atoms with Crippen molar-refractivity contribution >= 4 is 29.2 Å². The van der Waals surface area contributed by atoms with E-state index < -0.39 is 23.6 Å². The molecule has 174 valence electrons. The second-order valence-electron chi connectivity index (χ2n) is 7.15. The molecule has 0 aliphatic carbocycles. The molecule has 0 saturated heterocycles. The van der Waals surface area contributed by atoms with E-state index in [2.05, 4.69) is 12.2 Å². The Labute approximate surface area is 189 Å². The number of anilines is 1. The predicted octanol–water partition coefficient (Wildman–Crippen LogP) is 6.89. The van der Waals surface area contributed by atoms with Crippen LogP contribution in [0.25, 0.3) is 0 Å². The van der Waals surface area contributed by atoms with Crippen LogP contribution < -0.4 is 14.8 Å². The topological polar surface area (TPSA) is 64.6 Å². The molecule has 0 unspecified atom stereocenters. The maximum atomic E-state index is 12.8. The molecule has 0 fully saturated rings. The molecule has 9 heteroatoms. The molecule has 0 aliphatic heterocycles. The third kappa shape index (κ3) is 7.44. The molecule has 0 bridgehead atoms. The van der Waals surface area contributed by atoms with Crippen LogP contribution in [-0.2, 0) is 11.0 Å². The molecule has 2 aromatic carbocycles. The normalized spacial score (nSPS) is 11.2. The van der Waals surface area contributed by atoms with Gasteiger partial charge in [-0.2, -0.15) is 13.2 Å². The Morgan fingerprint density at radius 1 is 1.03 bits per heavy atom. The Kier molecular flexibility index (Phi) is 9.38. The third-order valence-electron chi connectivity index (χ3n) is 4.68. The number of alkyl halides is 3. The molecular formula is C23H25ClF3NO4. The fraction of sp³-hybridized carbons (Fsp3) is 0.391. The summed E-state index contributed by atoms with van der Waals surface area (Å²) in [5.74, 6) is -0.831. The highest BCUT2D eigenvalue weighted by Gasteiger charge is 2.31. The number of rotatable bonds is 10. The number of hydrogen-bond donors (Lipinski definition) is 1. The van der Waals surface area contributed by atoms with E-state index in [1.807, 2.05) is 0 Å². The minimum atomic E-state index is -4.56. The number of halogens is 4. The zero-order chi connectivity index (χ0) is 23.7. The highest BCUT2D eigenvalue weighted by atomic mass is 35.5. The summed E-state index contributed by atoms with van der Waals surface area (Å²) in [5, 5.41) is 2.18. The van der Waals surface area contributed by atoms with Gasteiger partial charge in [0.15, 0.2) is 0 Å². The van der Waals surface area contributed by atoms with E-state index in [0.717, 1.165) is 43.9 Å². The van der Waals surface area contributed by atoms with E-state index in [-0.39, 0.29) is 28.4 Å². The van der Waals surface area contributed by atoms with Gasteiger partial charge in [-0.3, -0.25) is 9.59 Å². The molecule has 0 heterocycles. The van der Waals surface area contributed by atoms with Crippen molar-refractivity contribution in [2.45, 2.75) is 51.6 Å². The van der Waals surface area contributed by atoms with Crippen molar-refractivity contribution in [1.82, 2.24) is 0 Å². The standard InChI is InChI=1S/C23H25ClF3NO4/c1-3-4-5-6-7-8-21(29)32-20-12-10-16(31-2)14-17(20)22(30)28-19-11-9-15(13-18(19)24)23(25,26)27/h9-14H,3-8H2,1-2H3,(H,28,30). The van der Waals surface area contributed by atoms with E-state index in [0.29, 0.717) is 12.2 Å². The second-order valence-corrected chi connectivity index (χ2v) is 7.55. The molecule has 2 aromatic rings. The first-order chi connectivity index (χ1) is 15.2. The van der Waals surface area contributed by atoms with Crippen molar-refractivity contribution < 1.29 is 32.2 Å². The van der Waals surface area contributed by atoms with Crippen molar-refractivity contribution in [2.75, 3.05) is 12.4 Å². The van der Waals surface area contributed by atoms with Gasteiger partial charge in [0.1, 0.15) is 11.5 Å². The Morgan fingerprint density at radius 3 is 2.38 bits per heavy atom. The molecule has 2 rings (SSSR count). The number of amides is 1. The number of methoxy groups -OCH3 is 1. The van der Waals surface area contributed by atoms with Crippen LogP contribution >= 0.6 is 11.6 Å². The third-order valence-corrected chi connectivity index (χ3v) is 5.00. The molecular weight excluding hydrogens is 447 g/mol. The first kappa shape index (κ1) is 25.5. The number of carbonyl (C=O) groups excluding carboxylic acids is 2. The van der Waals surface area contributed by atoms with Crippen LogP contribution in [0.3, 0.4) is 0 Å². The molecule has 0 radical (unpaired) electrons. The zero-order valence-electron chi connectivity index (χ0n) is 17.9. The molecule has 0 saturated carbocycles. The van der Waals surface area contributed by atoms with Crippen LogP contribution in [0.4, 0.5) is 18.9 Å². The van der Waals surface area contributed by atoms with Crippen molar-refractivity contribution in [3.05, 3.63) is 52.5 Å². The van der Waals surface area contributed by atoms with E-state index in [4.69, 9.17) is 21.1 Å². The lowest BCUT2D eigenvalue weighted by molar-refractivity contribution is -0.137. The average Bonchev–Trinajstić information content (AvgIpc) is 2.74. The molecule has 0 aromatic heterocycles. The Morgan fingerprint density at radius 2 is 1.75 bits per heavy atom. The lowest BCUT2D eigenvalue weighted by Crippen LogP contribution is -2.16. The summed E-state index contributed by atoms with van der Waals surface area (Å²) in [4.78, 5) is 25.0. The van der Waals surface area contributed by atoms with Gasteiger partial charge >= 0.3 is 12.1 Å². The van der Waals surface area contributed by atoms with Gasteiger partial charge in [0.2, 0.25) is 0 Å². The van der Waals surface area contributed by atoms with Gasteiger partial charge in [-0.15, -0.1) is 0 Å². The molecule has 1 amide bonds. The number of ether oxygens (including phenoxy) is 2. The summed E-state index contributed by atoms with van der Waals surface area (Å²) in [6, 6.07) is 6.93. The maximum absolute atomic E-state index is 12.8. The number of nitrogens with one attached hydrogen (secondary N) is 1. The van der Waals surface area contributed by atoms with E-state index in [9.17, 15) is 22.8 Å². The quantitative estimate of drug-likeness (QED) is 0.233. The SMILES string of the molecule is CCCCCCCC(=O)Oc1ccc(OC)cc1C(=O)Nc1ccc(C(F)(F)F)cc1Cl. The Balaban J connectivity index is 2.15. The van der Waals surface area contributed by atoms with Gasteiger partial charge in [0.25, 0.3) is 5.91 Å². The first-order valence-electron chi connectivity index (χ1n) is 10.2. The number of esters is 1. The van der Waals surface area contributed by atoms with Crippen molar-refractivity contribution in [3.8, 4) is 11.5 Å². The number of hydrogen-bond acceptors (Lipinski definition) is 4. The fourth-order valence-corrected chi connectivity index (χ4v) is 3.16. The summed E-state index contributed by atoms with van der Waals surface area (Å²) in [6.07, 6.45) is 0.470. The maximum Gasteiger partial charge on any atom is 0.416 e. The van der Waals surface area contributed by atoms with Crippen LogP contribution in [0, 0.1) is 0 Å². The predicted molar refractivity (Wildman–Crippen MR) is 116 cm³/mol. The lowest BCUT2D eigenvalue weighted by Gasteiger charge is -2.14. The second kappa shape index (κ2) is 11.8. The highest BCUT2D eigenvalue weighted by Crippen LogP contribution is 2.34. The van der Waals surface area contributed by atoms with Gasteiger partial charge in [0.05, 0.1) is 28.9 Å². The van der Waals surface area contributed by atoms with E-state index in [1.54, 1.807) is 0 Å². The van der Waals surface area contributed by atoms with E-state index in [1.165, 1.54) is 25.3 Å². The smallest absolute Gasteiger partial charge is 0.416 e. The number of unbranched alkanes of at least 4 members (excludes halogenated alkanes) is 4. The Bertz CT molecular complexity index is 947. The lowest BCUT2D eigenvalue weighted by atomic mass is 10.1. The van der Waals surface area contributed by atoms with Crippen LogP contribution in [0.15, 0.2) is 36.4 Å². The van der Waals surface area contributed by atoms with Crippen molar-refractivity contribution in [2.24, 2.45) is 0 Å². The molecule has 0 atom stereocenters. The first-order valence-corrected chi connectivity index (χ1v) is 10.6. The van der Waals surface area contributed by atoms with Crippen LogP contribution in [0.5, 0.6) is 11.5 Å². The van der Waals surface area contributed by atoms with Crippen molar-refractivity contribution in [1.29, 1.82) is 0 Å². The fourth-order valence-electron chi connectivity index (χ4n) is 2.93. The van der Waals surface area contributed by atoms with Gasteiger partial charge in [-0.05, 0) is 42.8 Å². The summed E-state index contributed by atoms with van der Waals surface area (Å²) in [7, 11) is 1.41. The highest BCUT2D eigenvalue weighted by molar-refractivity contribution is 6.34. The largest absolute Gasteiger partial charge is 0.497 e. The molecule has 0 aliphatic rings. The van der Waals surface area contributed by atoms with Crippen LogP contribution in [0.2, 0.25) is 5.02 Å². The number of carbonyl (C=O) groups is 2. The van der Waals surface area contributed by atoms with Crippen LogP contribution in [-0.4, -0.2) is 19.0 Å². The minimum absolute atomic E-state index is 0.0133. The number of benzene rings is 2. The zero-order valence-corrected chi connectivity index (χ0v) is 18.6. The minimum Gasteiger partial charge on any atom is -0.497 e. The average molecular weight is 472 g/mol. The van der Waals surface area contributed by atoms with E-state index >= 15 is 0 Å². The molecule has 1 N–H and O–H groups in total. The van der Waals surface area contributed by atoms with Gasteiger partial charge < -0.3 is 14.8 Å². The van der Waals surface area contributed by atoms with Gasteiger partial charge in [-0.1, -0.05) is 44.2 Å². The molecule has 5 nitrogen and oxygen atoms in total. The van der Waals surface area contributed by atoms with Gasteiger partial charge in [0, 0.05) is 6.42 Å². The monoisotopic (exact) mass is 471 g/mol. The van der Waals surface area contributed by atoms with Gasteiger partial charge in [-0.25, -0.2) is 0 Å². The van der Waals surface area contributed by atoms with Crippen molar-refractivity contribution in [3.63, 3.8) is 0 Å². The summed E-state index contributed by atoms with van der Waals surface area (Å²) >= 11 is 5.92. The van der Waals surface area contributed by atoms with Crippen LogP contribution in [0.1, 0.15) is 61.4 Å². The summed E-state index contributed by atoms with van der Waals surface area (Å²) in [5.41, 5.74) is -0.962. The summed E-state index contributed by atoms with van der Waals surface area (Å²) in [6.45, 7) is 2.10. The Hall–Kier alpha value is -2.74. The molecule has 32 heavy (non-hydrogen) atoms.